The van der Waals surface area contributed by atoms with Gasteiger partial charge in [0.05, 0.1) is 18.6 Å². The molecule has 0 aliphatic heterocycles. The minimum atomic E-state index is -4.12. The molecular weight excluding hydrogens is 404 g/mol. The first-order valence-corrected chi connectivity index (χ1v) is 10.6. The smallest absolute Gasteiger partial charge is 0.336 e. The summed E-state index contributed by atoms with van der Waals surface area (Å²) in [5.74, 6) is 0.0558. The second kappa shape index (κ2) is 10.5. The summed E-state index contributed by atoms with van der Waals surface area (Å²) in [7, 11) is -2.53. The fraction of sp³-hybridized carbons (Fsp3) is 0.350. The van der Waals surface area contributed by atoms with Gasteiger partial charge in [0.15, 0.2) is 6.10 Å². The van der Waals surface area contributed by atoms with Gasteiger partial charge in [-0.15, -0.1) is 0 Å². The first-order valence-electron chi connectivity index (χ1n) is 8.84. The molecule has 0 bridgehead atoms. The number of carbonyl (C=O) groups is 1. The van der Waals surface area contributed by atoms with Crippen molar-refractivity contribution >= 4 is 27.7 Å². The highest BCUT2D eigenvalue weighted by Gasteiger charge is 2.28. The van der Waals surface area contributed by atoms with E-state index in [4.69, 9.17) is 25.3 Å². The van der Waals surface area contributed by atoms with E-state index in [1.807, 2.05) is 24.3 Å². The SMILES string of the molecule is CCOC(=O)[C@@H](CCCc1ccc(OC)cc1)OS(=O)(=O)c1ccc(Cl)cc1. The third-order valence-corrected chi connectivity index (χ3v) is 5.57. The highest BCUT2D eigenvalue weighted by atomic mass is 35.5. The lowest BCUT2D eigenvalue weighted by molar-refractivity contribution is -0.151. The van der Waals surface area contributed by atoms with Crippen molar-refractivity contribution in [3.8, 4) is 5.75 Å². The van der Waals surface area contributed by atoms with E-state index < -0.39 is 22.2 Å². The molecule has 0 aliphatic carbocycles. The van der Waals surface area contributed by atoms with Gasteiger partial charge in [-0.1, -0.05) is 23.7 Å². The number of benzene rings is 2. The van der Waals surface area contributed by atoms with E-state index in [-0.39, 0.29) is 17.9 Å². The minimum Gasteiger partial charge on any atom is -0.497 e. The molecule has 0 unspecified atom stereocenters. The predicted octanol–water partition coefficient (Wildman–Crippen LogP) is 4.01. The third kappa shape index (κ3) is 6.51. The Morgan fingerprint density at radius 2 is 1.71 bits per heavy atom. The van der Waals surface area contributed by atoms with Gasteiger partial charge in [-0.05, 0) is 68.1 Å². The molecule has 2 rings (SSSR count). The normalized spacial score (nSPS) is 12.4. The number of esters is 1. The Bertz CT molecular complexity index is 863. The second-order valence-corrected chi connectivity index (χ2v) is 7.99. The first-order chi connectivity index (χ1) is 13.4. The zero-order valence-electron chi connectivity index (χ0n) is 15.8. The molecule has 2 aromatic carbocycles. The van der Waals surface area contributed by atoms with Crippen LogP contribution >= 0.6 is 11.6 Å². The van der Waals surface area contributed by atoms with E-state index in [1.165, 1.54) is 24.3 Å². The molecule has 0 spiro atoms. The monoisotopic (exact) mass is 426 g/mol. The van der Waals surface area contributed by atoms with E-state index in [9.17, 15) is 13.2 Å². The van der Waals surface area contributed by atoms with Crippen molar-refractivity contribution in [1.29, 1.82) is 0 Å². The molecule has 152 valence electrons. The molecule has 28 heavy (non-hydrogen) atoms. The lowest BCUT2D eigenvalue weighted by Gasteiger charge is -2.16. The maximum atomic E-state index is 12.5. The van der Waals surface area contributed by atoms with Crippen LogP contribution in [0.1, 0.15) is 25.3 Å². The van der Waals surface area contributed by atoms with Crippen molar-refractivity contribution in [2.24, 2.45) is 0 Å². The summed E-state index contributed by atoms with van der Waals surface area (Å²) in [4.78, 5) is 12.1. The molecular formula is C20H23ClO6S. The molecule has 0 N–H and O–H groups in total. The van der Waals surface area contributed by atoms with Crippen molar-refractivity contribution in [3.05, 3.63) is 59.1 Å². The van der Waals surface area contributed by atoms with E-state index in [2.05, 4.69) is 0 Å². The van der Waals surface area contributed by atoms with Crippen molar-refractivity contribution in [1.82, 2.24) is 0 Å². The van der Waals surface area contributed by atoms with Gasteiger partial charge >= 0.3 is 5.97 Å². The lowest BCUT2D eigenvalue weighted by Crippen LogP contribution is -2.29. The van der Waals surface area contributed by atoms with E-state index in [0.717, 1.165) is 11.3 Å². The Morgan fingerprint density at radius 3 is 2.29 bits per heavy atom. The van der Waals surface area contributed by atoms with Crippen LogP contribution in [0.2, 0.25) is 5.02 Å². The molecule has 0 saturated carbocycles. The van der Waals surface area contributed by atoms with Crippen LogP contribution in [0.4, 0.5) is 0 Å². The average Bonchev–Trinajstić information content (AvgIpc) is 2.68. The molecule has 1 atom stereocenters. The zero-order valence-corrected chi connectivity index (χ0v) is 17.3. The third-order valence-electron chi connectivity index (χ3n) is 3.99. The standard InChI is InChI=1S/C20H23ClO6S/c1-3-26-20(22)19(6-4-5-15-7-11-17(25-2)12-8-15)27-28(23,24)18-13-9-16(21)10-14-18/h7-14,19H,3-6H2,1-2H3/t19-/m1/s1. The molecule has 0 heterocycles. The van der Waals surface area contributed by atoms with Crippen LogP contribution in [0.15, 0.2) is 53.4 Å². The Kier molecular flexibility index (Phi) is 8.29. The van der Waals surface area contributed by atoms with Gasteiger partial charge in [-0.2, -0.15) is 8.42 Å². The van der Waals surface area contributed by atoms with Crippen LogP contribution in [-0.2, 0) is 30.3 Å². The molecule has 0 fully saturated rings. The maximum Gasteiger partial charge on any atom is 0.336 e. The van der Waals surface area contributed by atoms with Gasteiger partial charge in [0.1, 0.15) is 5.75 Å². The van der Waals surface area contributed by atoms with Crippen LogP contribution in [0, 0.1) is 0 Å². The Morgan fingerprint density at radius 1 is 1.07 bits per heavy atom. The van der Waals surface area contributed by atoms with Crippen molar-refractivity contribution in [3.63, 3.8) is 0 Å². The zero-order chi connectivity index (χ0) is 20.6. The summed E-state index contributed by atoms with van der Waals surface area (Å²) in [6.07, 6.45) is 0.201. The largest absolute Gasteiger partial charge is 0.497 e. The van der Waals surface area contributed by atoms with Gasteiger partial charge in [-0.25, -0.2) is 4.79 Å². The molecule has 0 saturated heterocycles. The number of carbonyl (C=O) groups excluding carboxylic acids is 1. The van der Waals surface area contributed by atoms with Crippen LogP contribution in [-0.4, -0.2) is 34.2 Å². The topological polar surface area (TPSA) is 78.9 Å². The Hall–Kier alpha value is -2.09. The van der Waals surface area contributed by atoms with Crippen LogP contribution in [0.25, 0.3) is 0 Å². The molecule has 0 amide bonds. The maximum absolute atomic E-state index is 12.5. The Labute approximate surface area is 170 Å². The summed E-state index contributed by atoms with van der Waals surface area (Å²) in [5, 5.41) is 0.403. The summed E-state index contributed by atoms with van der Waals surface area (Å²) in [6, 6.07) is 13.1. The van der Waals surface area contributed by atoms with Gasteiger partial charge < -0.3 is 9.47 Å². The molecule has 2 aromatic rings. The number of methoxy groups -OCH3 is 1. The van der Waals surface area contributed by atoms with Crippen LogP contribution in [0.3, 0.4) is 0 Å². The molecule has 6 nitrogen and oxygen atoms in total. The van der Waals surface area contributed by atoms with Crippen LogP contribution in [0.5, 0.6) is 5.75 Å². The predicted molar refractivity (Wildman–Crippen MR) is 106 cm³/mol. The second-order valence-electron chi connectivity index (χ2n) is 5.99. The van der Waals surface area contributed by atoms with Gasteiger partial charge in [-0.3, -0.25) is 4.18 Å². The summed E-state index contributed by atoms with van der Waals surface area (Å²) < 4.78 is 40.2. The van der Waals surface area contributed by atoms with Gasteiger partial charge in [0.2, 0.25) is 0 Å². The summed E-state index contributed by atoms with van der Waals surface area (Å²) in [6.45, 7) is 1.79. The molecule has 0 aliphatic rings. The van der Waals surface area contributed by atoms with Gasteiger partial charge in [0.25, 0.3) is 10.1 Å². The number of aryl methyl sites for hydroxylation is 1. The number of hydrogen-bond acceptors (Lipinski definition) is 6. The van der Waals surface area contributed by atoms with Crippen molar-refractivity contribution in [2.45, 2.75) is 37.2 Å². The van der Waals surface area contributed by atoms with E-state index in [1.54, 1.807) is 14.0 Å². The lowest BCUT2D eigenvalue weighted by atomic mass is 10.1. The van der Waals surface area contributed by atoms with E-state index in [0.29, 0.717) is 17.9 Å². The van der Waals surface area contributed by atoms with Crippen molar-refractivity contribution in [2.75, 3.05) is 13.7 Å². The fourth-order valence-corrected chi connectivity index (χ4v) is 3.72. The van der Waals surface area contributed by atoms with Crippen LogP contribution < -0.4 is 4.74 Å². The highest BCUT2D eigenvalue weighted by Crippen LogP contribution is 2.21. The summed E-state index contributed by atoms with van der Waals surface area (Å²) in [5.41, 5.74) is 1.05. The minimum absolute atomic E-state index is 0.0682. The number of ether oxygens (including phenoxy) is 2. The Balaban J connectivity index is 2.04. The first kappa shape index (κ1) is 22.2. The summed E-state index contributed by atoms with van der Waals surface area (Å²) >= 11 is 5.79. The van der Waals surface area contributed by atoms with Gasteiger partial charge in [0, 0.05) is 5.02 Å². The number of hydrogen-bond donors (Lipinski definition) is 0. The van der Waals surface area contributed by atoms with Crippen molar-refractivity contribution < 1.29 is 26.9 Å². The quantitative estimate of drug-likeness (QED) is 0.422. The molecule has 8 heteroatoms. The average molecular weight is 427 g/mol. The fourth-order valence-electron chi connectivity index (χ4n) is 2.53. The number of halogens is 1. The number of rotatable bonds is 10. The highest BCUT2D eigenvalue weighted by molar-refractivity contribution is 7.86. The molecule has 0 radical (unpaired) electrons. The molecule has 0 aromatic heterocycles. The van der Waals surface area contributed by atoms with E-state index >= 15 is 0 Å².